The van der Waals surface area contributed by atoms with E-state index in [1.807, 2.05) is 0 Å². The van der Waals surface area contributed by atoms with Crippen molar-refractivity contribution in [2.75, 3.05) is 0 Å². The van der Waals surface area contributed by atoms with Crippen LogP contribution in [0.2, 0.25) is 5.02 Å². The van der Waals surface area contributed by atoms with Gasteiger partial charge >= 0.3 is 15.6 Å². The Labute approximate surface area is 102 Å². The predicted molar refractivity (Wildman–Crippen MR) is 54.8 cm³/mol. The van der Waals surface area contributed by atoms with E-state index >= 15 is 0 Å². The van der Waals surface area contributed by atoms with Crippen molar-refractivity contribution in [3.63, 3.8) is 0 Å². The Balaban J connectivity index is 3.11. The van der Waals surface area contributed by atoms with Gasteiger partial charge in [-0.2, -0.15) is 21.6 Å². The molecule has 1 rings (SSSR count). The summed E-state index contributed by atoms with van der Waals surface area (Å²) in [5, 5.41) is 0.0515. The van der Waals surface area contributed by atoms with Crippen LogP contribution < -0.4 is 4.18 Å². The summed E-state index contributed by atoms with van der Waals surface area (Å²) < 4.78 is 61.3. The molecule has 0 fully saturated rings. The van der Waals surface area contributed by atoms with Gasteiger partial charge in [-0.15, -0.1) is 0 Å². The zero-order chi connectivity index (χ0) is 12.6. The number of alkyl halides is 3. The van der Waals surface area contributed by atoms with Crippen LogP contribution in [-0.4, -0.2) is 13.9 Å². The molecule has 0 atom stereocenters. The van der Waals surface area contributed by atoms with Crippen LogP contribution in [-0.2, 0) is 10.1 Å². The highest BCUT2D eigenvalue weighted by molar-refractivity contribution is 9.10. The fraction of sp³-hybridized carbons (Fsp3) is 0.143. The Bertz CT molecular complexity index is 500. The molecule has 0 amide bonds. The van der Waals surface area contributed by atoms with E-state index in [-0.39, 0.29) is 9.50 Å². The molecule has 1 aromatic rings. The van der Waals surface area contributed by atoms with Crippen LogP contribution in [0.25, 0.3) is 0 Å². The summed E-state index contributed by atoms with van der Waals surface area (Å²) in [7, 11) is -5.68. The summed E-state index contributed by atoms with van der Waals surface area (Å²) in [6.07, 6.45) is 0. The molecular formula is C7H3BrClF3O3S. The molecule has 3 nitrogen and oxygen atoms in total. The molecule has 0 aliphatic rings. The van der Waals surface area contributed by atoms with E-state index < -0.39 is 21.4 Å². The van der Waals surface area contributed by atoms with Gasteiger partial charge in [0.05, 0.1) is 4.47 Å². The van der Waals surface area contributed by atoms with Gasteiger partial charge in [-0.25, -0.2) is 0 Å². The summed E-state index contributed by atoms with van der Waals surface area (Å²) in [4.78, 5) is 0. The maximum Gasteiger partial charge on any atom is 0.534 e. The Morgan fingerprint density at radius 2 is 1.88 bits per heavy atom. The molecule has 0 saturated heterocycles. The molecule has 0 spiro atoms. The van der Waals surface area contributed by atoms with Crippen LogP contribution in [0.5, 0.6) is 5.75 Å². The Kier molecular flexibility index (Phi) is 3.76. The van der Waals surface area contributed by atoms with Gasteiger partial charge in [-0.05, 0) is 28.1 Å². The third-order valence-corrected chi connectivity index (χ3v) is 3.23. The van der Waals surface area contributed by atoms with E-state index in [4.69, 9.17) is 11.6 Å². The largest absolute Gasteiger partial charge is 0.534 e. The minimum absolute atomic E-state index is 0.0460. The van der Waals surface area contributed by atoms with Crippen LogP contribution in [0.4, 0.5) is 13.2 Å². The fourth-order valence-electron chi connectivity index (χ4n) is 0.706. The Morgan fingerprint density at radius 1 is 1.31 bits per heavy atom. The van der Waals surface area contributed by atoms with E-state index in [1.165, 1.54) is 12.1 Å². The second-order valence-corrected chi connectivity index (χ2v) is 5.39. The number of benzene rings is 1. The second-order valence-electron chi connectivity index (χ2n) is 2.56. The van der Waals surface area contributed by atoms with Crippen molar-refractivity contribution in [2.45, 2.75) is 5.51 Å². The van der Waals surface area contributed by atoms with Crippen LogP contribution in [0.3, 0.4) is 0 Å². The lowest BCUT2D eigenvalue weighted by atomic mass is 10.3. The van der Waals surface area contributed by atoms with E-state index in [0.717, 1.165) is 6.07 Å². The van der Waals surface area contributed by atoms with Crippen molar-refractivity contribution in [2.24, 2.45) is 0 Å². The highest BCUT2D eigenvalue weighted by Gasteiger charge is 2.48. The average molecular weight is 340 g/mol. The maximum atomic E-state index is 12.0. The first-order chi connectivity index (χ1) is 7.13. The maximum absolute atomic E-state index is 12.0. The molecule has 0 radical (unpaired) electrons. The SMILES string of the molecule is O=S(=O)(Oc1cc(Cl)ccc1Br)C(F)(F)F. The minimum Gasteiger partial charge on any atom is -0.375 e. The molecule has 16 heavy (non-hydrogen) atoms. The lowest BCUT2D eigenvalue weighted by molar-refractivity contribution is -0.0500. The first-order valence-corrected chi connectivity index (χ1v) is 6.17. The monoisotopic (exact) mass is 338 g/mol. The van der Waals surface area contributed by atoms with E-state index in [9.17, 15) is 21.6 Å². The van der Waals surface area contributed by atoms with Gasteiger partial charge in [-0.1, -0.05) is 11.6 Å². The molecule has 0 aromatic heterocycles. The van der Waals surface area contributed by atoms with Gasteiger partial charge in [0.25, 0.3) is 0 Å². The van der Waals surface area contributed by atoms with E-state index in [0.29, 0.717) is 0 Å². The lowest BCUT2D eigenvalue weighted by Crippen LogP contribution is -2.28. The molecule has 0 unspecified atom stereocenters. The first-order valence-electron chi connectivity index (χ1n) is 3.59. The molecule has 0 aliphatic heterocycles. The first kappa shape index (κ1) is 13.6. The van der Waals surface area contributed by atoms with Crippen LogP contribution in [0.15, 0.2) is 22.7 Å². The minimum atomic E-state index is -5.68. The number of rotatable bonds is 2. The number of halogens is 5. The van der Waals surface area contributed by atoms with Crippen molar-refractivity contribution < 1.29 is 25.8 Å². The summed E-state index contributed by atoms with van der Waals surface area (Å²) in [6.45, 7) is 0. The lowest BCUT2D eigenvalue weighted by Gasteiger charge is -2.10. The van der Waals surface area contributed by atoms with Gasteiger partial charge in [0, 0.05) is 11.1 Å². The van der Waals surface area contributed by atoms with Crippen molar-refractivity contribution in [1.29, 1.82) is 0 Å². The average Bonchev–Trinajstić information content (AvgIpc) is 2.09. The zero-order valence-corrected chi connectivity index (χ0v) is 10.4. The van der Waals surface area contributed by atoms with Gasteiger partial charge in [0.1, 0.15) is 0 Å². The molecule has 0 bridgehead atoms. The highest BCUT2D eigenvalue weighted by Crippen LogP contribution is 2.33. The summed E-state index contributed by atoms with van der Waals surface area (Å²) >= 11 is 8.32. The van der Waals surface area contributed by atoms with Crippen molar-refractivity contribution in [3.8, 4) is 5.75 Å². The van der Waals surface area contributed by atoms with Crippen molar-refractivity contribution in [3.05, 3.63) is 27.7 Å². The molecule has 0 N–H and O–H groups in total. The Hall–Kier alpha value is -0.470. The molecule has 9 heteroatoms. The van der Waals surface area contributed by atoms with Gasteiger partial charge < -0.3 is 4.18 Å². The fourth-order valence-corrected chi connectivity index (χ4v) is 1.77. The van der Waals surface area contributed by atoms with Crippen LogP contribution >= 0.6 is 27.5 Å². The Morgan fingerprint density at radius 3 is 2.38 bits per heavy atom. The van der Waals surface area contributed by atoms with Gasteiger partial charge in [0.15, 0.2) is 5.75 Å². The summed E-state index contributed by atoms with van der Waals surface area (Å²) in [6, 6.07) is 3.58. The van der Waals surface area contributed by atoms with Crippen molar-refractivity contribution >= 4 is 37.6 Å². The molecule has 0 saturated carbocycles. The smallest absolute Gasteiger partial charge is 0.375 e. The molecule has 0 heterocycles. The third-order valence-electron chi connectivity index (χ3n) is 1.38. The van der Waals surface area contributed by atoms with Gasteiger partial charge in [-0.3, -0.25) is 0 Å². The summed E-state index contributed by atoms with van der Waals surface area (Å²) in [5.41, 5.74) is -5.48. The van der Waals surface area contributed by atoms with E-state index in [1.54, 1.807) is 0 Å². The molecule has 90 valence electrons. The molecule has 0 aliphatic carbocycles. The predicted octanol–water partition coefficient (Wildman–Crippen LogP) is 3.33. The van der Waals surface area contributed by atoms with Gasteiger partial charge in [0.2, 0.25) is 0 Å². The topological polar surface area (TPSA) is 43.4 Å². The normalized spacial score (nSPS) is 12.6. The van der Waals surface area contributed by atoms with Crippen LogP contribution in [0, 0.1) is 0 Å². The summed E-state index contributed by atoms with van der Waals surface area (Å²) in [5.74, 6) is -0.523. The quantitative estimate of drug-likeness (QED) is 0.613. The van der Waals surface area contributed by atoms with E-state index in [2.05, 4.69) is 20.1 Å². The van der Waals surface area contributed by atoms with Crippen LogP contribution in [0.1, 0.15) is 0 Å². The number of hydrogen-bond donors (Lipinski definition) is 0. The third kappa shape index (κ3) is 3.02. The highest BCUT2D eigenvalue weighted by atomic mass is 79.9. The molecular weight excluding hydrogens is 336 g/mol. The zero-order valence-electron chi connectivity index (χ0n) is 7.25. The number of hydrogen-bond acceptors (Lipinski definition) is 3. The standard InChI is InChI=1S/C7H3BrClF3O3S/c8-5-2-1-4(9)3-6(5)15-16(13,14)7(10,11)12/h1-3H. The second kappa shape index (κ2) is 4.42. The van der Waals surface area contributed by atoms with Crippen molar-refractivity contribution in [1.82, 2.24) is 0 Å². The molecule has 1 aromatic carbocycles.